The lowest BCUT2D eigenvalue weighted by Crippen LogP contribution is -2.58. The van der Waals surface area contributed by atoms with Crippen molar-refractivity contribution in [1.82, 2.24) is 4.90 Å². The molecular formula is C27H36N2O. The Kier molecular flexibility index (Phi) is 6.89. The molecule has 2 fully saturated rings. The molecule has 0 N–H and O–H groups in total. The largest absolute Gasteiger partial charge is 0.309 e. The number of carbonyl (C=O) groups is 1. The Hall–Kier alpha value is -2.13. The average molecular weight is 405 g/mol. The van der Waals surface area contributed by atoms with Crippen molar-refractivity contribution in [3.8, 4) is 0 Å². The van der Waals surface area contributed by atoms with Crippen molar-refractivity contribution in [2.45, 2.75) is 52.0 Å². The van der Waals surface area contributed by atoms with E-state index in [1.54, 1.807) is 0 Å². The van der Waals surface area contributed by atoms with Gasteiger partial charge in [0.1, 0.15) is 0 Å². The number of likely N-dealkylation sites (tertiary alicyclic amines) is 1. The number of carbonyl (C=O) groups excluding carboxylic acids is 1. The minimum Gasteiger partial charge on any atom is -0.309 e. The fraction of sp³-hybridized carbons (Fsp3) is 0.519. The first-order valence-corrected chi connectivity index (χ1v) is 11.8. The molecule has 2 atom stereocenters. The van der Waals surface area contributed by atoms with E-state index >= 15 is 0 Å². The summed E-state index contributed by atoms with van der Waals surface area (Å²) >= 11 is 0. The molecule has 2 unspecified atom stereocenters. The van der Waals surface area contributed by atoms with Gasteiger partial charge in [0.05, 0.1) is 0 Å². The van der Waals surface area contributed by atoms with Crippen LogP contribution in [0.3, 0.4) is 0 Å². The van der Waals surface area contributed by atoms with Crippen molar-refractivity contribution in [1.29, 1.82) is 0 Å². The molecule has 30 heavy (non-hydrogen) atoms. The molecule has 2 aromatic rings. The minimum absolute atomic E-state index is 0.209. The van der Waals surface area contributed by atoms with E-state index in [9.17, 15) is 4.79 Å². The number of hydrogen-bond acceptors (Lipinski definition) is 2. The third-order valence-electron chi connectivity index (χ3n) is 7.09. The summed E-state index contributed by atoms with van der Waals surface area (Å²) in [5.41, 5.74) is 2.48. The predicted octanol–water partition coefficient (Wildman–Crippen LogP) is 5.41. The molecule has 1 saturated heterocycles. The smallest absolute Gasteiger partial charge is 0.230 e. The van der Waals surface area contributed by atoms with Gasteiger partial charge in [0, 0.05) is 37.3 Å². The number of benzene rings is 2. The van der Waals surface area contributed by atoms with Crippen molar-refractivity contribution >= 4 is 11.6 Å². The van der Waals surface area contributed by atoms with Gasteiger partial charge >= 0.3 is 0 Å². The van der Waals surface area contributed by atoms with E-state index in [0.29, 0.717) is 17.7 Å². The van der Waals surface area contributed by atoms with Gasteiger partial charge in [-0.3, -0.25) is 4.79 Å². The van der Waals surface area contributed by atoms with E-state index in [-0.39, 0.29) is 12.0 Å². The Bertz CT molecular complexity index is 788. The van der Waals surface area contributed by atoms with Gasteiger partial charge in [-0.1, -0.05) is 75.2 Å². The van der Waals surface area contributed by atoms with Crippen molar-refractivity contribution in [2.24, 2.45) is 17.8 Å². The Morgan fingerprint density at radius 1 is 0.900 bits per heavy atom. The summed E-state index contributed by atoms with van der Waals surface area (Å²) in [4.78, 5) is 18.4. The molecule has 2 aliphatic rings. The highest BCUT2D eigenvalue weighted by molar-refractivity contribution is 5.96. The summed E-state index contributed by atoms with van der Waals surface area (Å²) < 4.78 is 0. The highest BCUT2D eigenvalue weighted by Crippen LogP contribution is 2.35. The predicted molar refractivity (Wildman–Crippen MR) is 125 cm³/mol. The van der Waals surface area contributed by atoms with Gasteiger partial charge in [-0.25, -0.2) is 0 Å². The molecule has 3 heteroatoms. The van der Waals surface area contributed by atoms with E-state index < -0.39 is 0 Å². The lowest BCUT2D eigenvalue weighted by Gasteiger charge is -2.47. The Balaban J connectivity index is 1.49. The van der Waals surface area contributed by atoms with Crippen LogP contribution in [0.15, 0.2) is 60.7 Å². The number of hydrogen-bond donors (Lipinski definition) is 0. The number of rotatable bonds is 6. The van der Waals surface area contributed by atoms with E-state index in [1.807, 2.05) is 6.07 Å². The van der Waals surface area contributed by atoms with Crippen LogP contribution in [0.25, 0.3) is 0 Å². The Morgan fingerprint density at radius 2 is 1.47 bits per heavy atom. The van der Waals surface area contributed by atoms with Crippen molar-refractivity contribution < 1.29 is 4.79 Å². The van der Waals surface area contributed by atoms with Crippen molar-refractivity contribution in [2.75, 3.05) is 24.5 Å². The van der Waals surface area contributed by atoms with Crippen LogP contribution in [0.5, 0.6) is 0 Å². The summed E-state index contributed by atoms with van der Waals surface area (Å²) in [6, 6.07) is 21.4. The molecule has 160 valence electrons. The van der Waals surface area contributed by atoms with E-state index in [2.05, 4.69) is 78.2 Å². The van der Waals surface area contributed by atoms with Gasteiger partial charge < -0.3 is 9.80 Å². The Labute approximate surface area is 182 Å². The van der Waals surface area contributed by atoms with Gasteiger partial charge in [0.25, 0.3) is 0 Å². The average Bonchev–Trinajstić information content (AvgIpc) is 3.31. The van der Waals surface area contributed by atoms with Gasteiger partial charge in [-0.15, -0.1) is 0 Å². The van der Waals surface area contributed by atoms with E-state index in [1.165, 1.54) is 18.4 Å². The van der Waals surface area contributed by atoms with Gasteiger partial charge in [0.2, 0.25) is 5.91 Å². The molecule has 1 heterocycles. The summed E-state index contributed by atoms with van der Waals surface area (Å²) in [5.74, 6) is 1.48. The molecule has 4 rings (SSSR count). The number of anilines is 1. The molecule has 3 nitrogen and oxygen atoms in total. The first-order chi connectivity index (χ1) is 14.6. The van der Waals surface area contributed by atoms with E-state index in [4.69, 9.17) is 0 Å². The van der Waals surface area contributed by atoms with Crippen LogP contribution in [-0.4, -0.2) is 36.5 Å². The molecule has 1 saturated carbocycles. The van der Waals surface area contributed by atoms with Crippen LogP contribution in [0.1, 0.15) is 45.1 Å². The molecule has 1 aliphatic heterocycles. The highest BCUT2D eigenvalue weighted by atomic mass is 16.2. The SMILES string of the molecule is CC1CN(CCc2ccccc2)CC(C)C1N(C(=O)C1CCCC1)c1ccccc1. The van der Waals surface area contributed by atoms with Crippen LogP contribution in [0.4, 0.5) is 5.69 Å². The van der Waals surface area contributed by atoms with Crippen LogP contribution in [-0.2, 0) is 11.2 Å². The first kappa shape index (κ1) is 21.1. The zero-order chi connectivity index (χ0) is 20.9. The van der Waals surface area contributed by atoms with Crippen LogP contribution in [0.2, 0.25) is 0 Å². The number of nitrogens with zero attached hydrogens (tertiary/aromatic N) is 2. The normalized spacial score (nSPS) is 25.3. The zero-order valence-corrected chi connectivity index (χ0v) is 18.5. The van der Waals surface area contributed by atoms with Crippen LogP contribution in [0, 0.1) is 17.8 Å². The first-order valence-electron chi connectivity index (χ1n) is 11.8. The molecule has 1 amide bonds. The second-order valence-corrected chi connectivity index (χ2v) is 9.47. The monoisotopic (exact) mass is 404 g/mol. The summed E-state index contributed by atoms with van der Waals surface area (Å²) in [7, 11) is 0. The molecule has 0 spiro atoms. The fourth-order valence-electron chi connectivity index (χ4n) is 5.69. The number of para-hydroxylation sites is 1. The third-order valence-corrected chi connectivity index (χ3v) is 7.09. The lowest BCUT2D eigenvalue weighted by atomic mass is 9.83. The standard InChI is InChI=1S/C27H36N2O/c1-21-19-28(18-17-23-11-5-3-6-12-23)20-22(2)26(21)29(25-15-7-4-8-16-25)27(30)24-13-9-10-14-24/h3-8,11-12,15-16,21-22,24,26H,9-10,13-14,17-20H2,1-2H3. The number of piperidine rings is 1. The van der Waals surface area contributed by atoms with Gasteiger partial charge in [-0.2, -0.15) is 0 Å². The minimum atomic E-state index is 0.209. The molecule has 0 bridgehead atoms. The van der Waals surface area contributed by atoms with Crippen molar-refractivity contribution in [3.05, 3.63) is 66.2 Å². The third kappa shape index (κ3) is 4.78. The highest BCUT2D eigenvalue weighted by Gasteiger charge is 2.40. The summed E-state index contributed by atoms with van der Waals surface area (Å²) in [6.45, 7) is 7.89. The zero-order valence-electron chi connectivity index (χ0n) is 18.5. The Morgan fingerprint density at radius 3 is 2.07 bits per heavy atom. The topological polar surface area (TPSA) is 23.6 Å². The van der Waals surface area contributed by atoms with Crippen molar-refractivity contribution in [3.63, 3.8) is 0 Å². The van der Waals surface area contributed by atoms with E-state index in [0.717, 1.165) is 44.6 Å². The molecular weight excluding hydrogens is 368 g/mol. The maximum atomic E-state index is 13.6. The van der Waals surface area contributed by atoms with Crippen LogP contribution >= 0.6 is 0 Å². The second-order valence-electron chi connectivity index (χ2n) is 9.47. The summed E-state index contributed by atoms with van der Waals surface area (Å²) in [6.07, 6.45) is 5.60. The second kappa shape index (κ2) is 9.78. The maximum absolute atomic E-state index is 13.6. The molecule has 0 aromatic heterocycles. The molecule has 0 radical (unpaired) electrons. The number of amides is 1. The quantitative estimate of drug-likeness (QED) is 0.643. The fourth-order valence-corrected chi connectivity index (χ4v) is 5.69. The molecule has 1 aliphatic carbocycles. The van der Waals surface area contributed by atoms with Gasteiger partial charge in [-0.05, 0) is 48.8 Å². The summed E-state index contributed by atoms with van der Waals surface area (Å²) in [5, 5.41) is 0. The van der Waals surface area contributed by atoms with Crippen LogP contribution < -0.4 is 4.90 Å². The lowest BCUT2D eigenvalue weighted by molar-refractivity contribution is -0.123. The van der Waals surface area contributed by atoms with Gasteiger partial charge in [0.15, 0.2) is 0 Å². The maximum Gasteiger partial charge on any atom is 0.230 e. The molecule has 2 aromatic carbocycles.